The molecule has 0 aliphatic heterocycles. The molecule has 0 saturated heterocycles. The second-order valence-electron chi connectivity index (χ2n) is 6.83. The van der Waals surface area contributed by atoms with E-state index in [0.29, 0.717) is 11.3 Å². The van der Waals surface area contributed by atoms with Crippen molar-refractivity contribution >= 4 is 21.8 Å². The van der Waals surface area contributed by atoms with Crippen LogP contribution in [0.5, 0.6) is 11.5 Å². The molecular formula is C22H18BrFN2O2. The molecule has 28 heavy (non-hydrogen) atoms. The van der Waals surface area contributed by atoms with Gasteiger partial charge in [-0.1, -0.05) is 34.1 Å². The number of hydrogen-bond acceptors (Lipinski definition) is 3. The van der Waals surface area contributed by atoms with Gasteiger partial charge in [-0.05, 0) is 60.4 Å². The number of halogens is 2. The molecule has 0 unspecified atom stereocenters. The number of hydrogen-bond donors (Lipinski definition) is 1. The first-order valence-corrected chi connectivity index (χ1v) is 9.77. The van der Waals surface area contributed by atoms with Crippen LogP contribution in [0.15, 0.2) is 71.5 Å². The molecular weight excluding hydrogens is 423 g/mol. The summed E-state index contributed by atoms with van der Waals surface area (Å²) >= 11 is 3.46. The number of carbonyl (C=O) groups is 1. The van der Waals surface area contributed by atoms with Crippen LogP contribution in [0.1, 0.15) is 24.0 Å². The third-order valence-electron chi connectivity index (χ3n) is 4.87. The second-order valence-corrected chi connectivity index (χ2v) is 7.75. The molecule has 1 aliphatic rings. The Morgan fingerprint density at radius 2 is 2.04 bits per heavy atom. The van der Waals surface area contributed by atoms with Gasteiger partial charge in [-0.15, -0.1) is 0 Å². The first-order chi connectivity index (χ1) is 13.6. The first-order valence-electron chi connectivity index (χ1n) is 8.97. The second kappa shape index (κ2) is 7.72. The van der Waals surface area contributed by atoms with E-state index in [1.54, 1.807) is 30.5 Å². The maximum Gasteiger partial charge on any atom is 0.230 e. The molecule has 0 bridgehead atoms. The lowest BCUT2D eigenvalue weighted by molar-refractivity contribution is -0.123. The molecule has 4 nitrogen and oxygen atoms in total. The summed E-state index contributed by atoms with van der Waals surface area (Å²) in [5.74, 6) is 0.0773. The van der Waals surface area contributed by atoms with Gasteiger partial charge in [0, 0.05) is 17.2 Å². The largest absolute Gasteiger partial charge is 0.453 e. The lowest BCUT2D eigenvalue weighted by Gasteiger charge is -2.16. The van der Waals surface area contributed by atoms with Gasteiger partial charge in [-0.3, -0.25) is 9.78 Å². The van der Waals surface area contributed by atoms with Crippen LogP contribution in [0.3, 0.4) is 0 Å². The van der Waals surface area contributed by atoms with Crippen molar-refractivity contribution in [2.45, 2.75) is 24.8 Å². The van der Waals surface area contributed by atoms with Gasteiger partial charge in [0.1, 0.15) is 5.75 Å². The number of rotatable bonds is 6. The first kappa shape index (κ1) is 18.6. The average molecular weight is 441 g/mol. The topological polar surface area (TPSA) is 51.2 Å². The van der Waals surface area contributed by atoms with E-state index in [-0.39, 0.29) is 18.2 Å². The van der Waals surface area contributed by atoms with E-state index in [1.165, 1.54) is 12.3 Å². The van der Waals surface area contributed by atoms with E-state index in [1.807, 2.05) is 24.3 Å². The molecule has 3 aromatic rings. The Balaban J connectivity index is 1.41. The summed E-state index contributed by atoms with van der Waals surface area (Å²) in [6.45, 7) is 0.263. The maximum atomic E-state index is 14.4. The standard InChI is InChI=1S/C22H18BrFN2O2/c23-17-4-1-3-16(12-17)22(8-9-22)21(27)26-13-15-6-7-20(19(24)11-15)28-18-5-2-10-25-14-18/h1-7,10-12,14H,8-9,13H2,(H,26,27). The highest BCUT2D eigenvalue weighted by Gasteiger charge is 2.51. The van der Waals surface area contributed by atoms with Crippen LogP contribution >= 0.6 is 15.9 Å². The Kier molecular flexibility index (Phi) is 5.13. The number of nitrogens with one attached hydrogen (secondary N) is 1. The predicted molar refractivity (Wildman–Crippen MR) is 108 cm³/mol. The number of ether oxygens (including phenoxy) is 1. The monoisotopic (exact) mass is 440 g/mol. The van der Waals surface area contributed by atoms with E-state index >= 15 is 0 Å². The zero-order valence-electron chi connectivity index (χ0n) is 15.0. The van der Waals surface area contributed by atoms with E-state index in [9.17, 15) is 9.18 Å². The van der Waals surface area contributed by atoms with Gasteiger partial charge in [0.2, 0.25) is 5.91 Å². The minimum Gasteiger partial charge on any atom is -0.453 e. The highest BCUT2D eigenvalue weighted by molar-refractivity contribution is 9.10. The van der Waals surface area contributed by atoms with Crippen molar-refractivity contribution in [2.24, 2.45) is 0 Å². The van der Waals surface area contributed by atoms with Gasteiger partial charge in [0.15, 0.2) is 11.6 Å². The molecule has 0 radical (unpaired) electrons. The van der Waals surface area contributed by atoms with Crippen LogP contribution < -0.4 is 10.1 Å². The summed E-state index contributed by atoms with van der Waals surface area (Å²) in [6.07, 6.45) is 4.78. The highest BCUT2D eigenvalue weighted by Crippen LogP contribution is 2.48. The highest BCUT2D eigenvalue weighted by atomic mass is 79.9. The van der Waals surface area contributed by atoms with Crippen LogP contribution in [-0.2, 0) is 16.8 Å². The molecule has 1 amide bonds. The lowest BCUT2D eigenvalue weighted by Crippen LogP contribution is -2.34. The fourth-order valence-corrected chi connectivity index (χ4v) is 3.58. The number of nitrogens with zero attached hydrogens (tertiary/aromatic N) is 1. The molecule has 6 heteroatoms. The van der Waals surface area contributed by atoms with Crippen molar-refractivity contribution in [3.8, 4) is 11.5 Å². The van der Waals surface area contributed by atoms with E-state index < -0.39 is 11.2 Å². The minimum atomic E-state index is -0.483. The molecule has 142 valence electrons. The number of aromatic nitrogens is 1. The van der Waals surface area contributed by atoms with Crippen molar-refractivity contribution in [3.05, 3.63) is 88.4 Å². The fraction of sp³-hybridized carbons (Fsp3) is 0.182. The summed E-state index contributed by atoms with van der Waals surface area (Å²) in [4.78, 5) is 16.7. The zero-order valence-corrected chi connectivity index (χ0v) is 16.6. The summed E-state index contributed by atoms with van der Waals surface area (Å²) < 4.78 is 20.8. The number of amides is 1. The Bertz CT molecular complexity index is 1010. The molecule has 1 aromatic heterocycles. The summed E-state index contributed by atoms with van der Waals surface area (Å²) in [7, 11) is 0. The fourth-order valence-electron chi connectivity index (χ4n) is 3.18. The number of carbonyl (C=O) groups excluding carboxylic acids is 1. The third kappa shape index (κ3) is 3.92. The molecule has 1 heterocycles. The van der Waals surface area contributed by atoms with Crippen LogP contribution in [0.25, 0.3) is 0 Å². The molecule has 4 rings (SSSR count). The Hall–Kier alpha value is -2.73. The van der Waals surface area contributed by atoms with Crippen LogP contribution in [0.2, 0.25) is 0 Å². The van der Waals surface area contributed by atoms with Crippen molar-refractivity contribution in [1.29, 1.82) is 0 Å². The number of benzene rings is 2. The quantitative estimate of drug-likeness (QED) is 0.578. The van der Waals surface area contributed by atoms with Gasteiger partial charge < -0.3 is 10.1 Å². The van der Waals surface area contributed by atoms with Gasteiger partial charge in [0.25, 0.3) is 0 Å². The Morgan fingerprint density at radius 1 is 1.18 bits per heavy atom. The Labute approximate surface area is 170 Å². The van der Waals surface area contributed by atoms with Gasteiger partial charge in [-0.2, -0.15) is 0 Å². The molecule has 1 N–H and O–H groups in total. The molecule has 1 saturated carbocycles. The summed E-state index contributed by atoms with van der Waals surface area (Å²) in [5, 5.41) is 2.94. The van der Waals surface area contributed by atoms with Crippen molar-refractivity contribution in [3.63, 3.8) is 0 Å². The summed E-state index contributed by atoms with van der Waals surface area (Å²) in [5.41, 5.74) is 1.21. The molecule has 0 spiro atoms. The van der Waals surface area contributed by atoms with Gasteiger partial charge in [-0.25, -0.2) is 4.39 Å². The lowest BCUT2D eigenvalue weighted by atomic mass is 9.95. The summed E-state index contributed by atoms with van der Waals surface area (Å²) in [6, 6.07) is 15.9. The average Bonchev–Trinajstić information content (AvgIpc) is 3.51. The van der Waals surface area contributed by atoms with Crippen molar-refractivity contribution in [1.82, 2.24) is 10.3 Å². The third-order valence-corrected chi connectivity index (χ3v) is 5.37. The SMILES string of the molecule is O=C(NCc1ccc(Oc2cccnc2)c(F)c1)C1(c2cccc(Br)c2)CC1. The van der Waals surface area contributed by atoms with E-state index in [0.717, 1.165) is 22.9 Å². The maximum absolute atomic E-state index is 14.4. The van der Waals surface area contributed by atoms with Crippen LogP contribution in [0, 0.1) is 5.82 Å². The molecule has 0 atom stereocenters. The van der Waals surface area contributed by atoms with E-state index in [4.69, 9.17) is 4.74 Å². The number of pyridine rings is 1. The molecule has 1 fully saturated rings. The van der Waals surface area contributed by atoms with Crippen LogP contribution in [0.4, 0.5) is 4.39 Å². The predicted octanol–water partition coefficient (Wildman–Crippen LogP) is 5.12. The van der Waals surface area contributed by atoms with Gasteiger partial charge in [0.05, 0.1) is 11.6 Å². The van der Waals surface area contributed by atoms with E-state index in [2.05, 4.69) is 26.2 Å². The van der Waals surface area contributed by atoms with Crippen molar-refractivity contribution in [2.75, 3.05) is 0 Å². The van der Waals surface area contributed by atoms with Crippen molar-refractivity contribution < 1.29 is 13.9 Å². The molecule has 2 aromatic carbocycles. The van der Waals surface area contributed by atoms with Crippen LogP contribution in [-0.4, -0.2) is 10.9 Å². The Morgan fingerprint density at radius 3 is 2.71 bits per heavy atom. The molecule has 1 aliphatic carbocycles. The normalized spacial score (nSPS) is 14.4. The zero-order chi connectivity index (χ0) is 19.6. The smallest absolute Gasteiger partial charge is 0.230 e. The minimum absolute atomic E-state index is 0.0262. The van der Waals surface area contributed by atoms with Gasteiger partial charge >= 0.3 is 0 Å².